The Morgan fingerprint density at radius 1 is 1.35 bits per heavy atom. The van der Waals surface area contributed by atoms with Crippen molar-refractivity contribution < 1.29 is 14.7 Å². The maximum atomic E-state index is 12.9. The lowest BCUT2D eigenvalue weighted by atomic mass is 10.00. The van der Waals surface area contributed by atoms with Gasteiger partial charge < -0.3 is 5.11 Å². The van der Waals surface area contributed by atoms with Gasteiger partial charge in [-0.2, -0.15) is 0 Å². The third-order valence-electron chi connectivity index (χ3n) is 3.99. The highest BCUT2D eigenvalue weighted by atomic mass is 32.2. The molecule has 1 heterocycles. The van der Waals surface area contributed by atoms with Crippen molar-refractivity contribution in [3.8, 4) is 0 Å². The second-order valence-corrected chi connectivity index (χ2v) is 8.13. The second-order valence-electron chi connectivity index (χ2n) is 6.07. The molecular formula is C17H23NO3S2. The summed E-state index contributed by atoms with van der Waals surface area (Å²) in [6, 6.07) is 9.69. The first-order valence-corrected chi connectivity index (χ1v) is 9.74. The average molecular weight is 354 g/mol. The van der Waals surface area contributed by atoms with E-state index in [4.69, 9.17) is 0 Å². The molecule has 1 aliphatic rings. The molecule has 23 heavy (non-hydrogen) atoms. The Balaban J connectivity index is 2.10. The first-order valence-electron chi connectivity index (χ1n) is 7.77. The van der Waals surface area contributed by atoms with Crippen molar-refractivity contribution in [2.45, 2.75) is 37.8 Å². The van der Waals surface area contributed by atoms with Gasteiger partial charge in [0.15, 0.2) is 0 Å². The minimum Gasteiger partial charge on any atom is -0.393 e. The van der Waals surface area contributed by atoms with Crippen LogP contribution in [0.4, 0.5) is 4.79 Å². The molecule has 4 nitrogen and oxygen atoms in total. The average Bonchev–Trinajstić information content (AvgIpc) is 2.90. The van der Waals surface area contributed by atoms with Crippen LogP contribution in [0, 0.1) is 11.8 Å². The van der Waals surface area contributed by atoms with Gasteiger partial charge in [-0.25, -0.2) is 0 Å². The predicted octanol–water partition coefficient (Wildman–Crippen LogP) is 3.50. The number of amides is 2. The van der Waals surface area contributed by atoms with E-state index >= 15 is 0 Å². The molecule has 1 N–H and O–H groups in total. The van der Waals surface area contributed by atoms with Crippen LogP contribution in [0.5, 0.6) is 0 Å². The van der Waals surface area contributed by atoms with E-state index in [1.807, 2.05) is 44.2 Å². The van der Waals surface area contributed by atoms with Gasteiger partial charge in [0.2, 0.25) is 5.91 Å². The van der Waals surface area contributed by atoms with Crippen LogP contribution in [0.2, 0.25) is 0 Å². The number of carbonyl (C=O) groups excluding carboxylic acids is 2. The molecule has 6 heteroatoms. The molecule has 1 aromatic carbocycles. The summed E-state index contributed by atoms with van der Waals surface area (Å²) in [5.74, 6) is 0.482. The molecule has 2 rings (SSSR count). The summed E-state index contributed by atoms with van der Waals surface area (Å²) in [7, 11) is 0. The lowest BCUT2D eigenvalue weighted by molar-refractivity contribution is -0.136. The number of hydrogen-bond donors (Lipinski definition) is 1. The Morgan fingerprint density at radius 3 is 2.57 bits per heavy atom. The van der Waals surface area contributed by atoms with Crippen molar-refractivity contribution in [1.82, 2.24) is 4.90 Å². The normalized spacial score (nSPS) is 20.8. The Kier molecular flexibility index (Phi) is 6.56. The van der Waals surface area contributed by atoms with Gasteiger partial charge in [-0.15, -0.1) is 11.8 Å². The molecule has 0 unspecified atom stereocenters. The molecule has 0 bridgehead atoms. The monoisotopic (exact) mass is 353 g/mol. The lowest BCUT2D eigenvalue weighted by Crippen LogP contribution is -2.47. The maximum absolute atomic E-state index is 12.9. The van der Waals surface area contributed by atoms with Crippen LogP contribution in [-0.2, 0) is 4.79 Å². The van der Waals surface area contributed by atoms with E-state index in [-0.39, 0.29) is 23.1 Å². The van der Waals surface area contributed by atoms with Crippen LogP contribution in [-0.4, -0.2) is 44.8 Å². The Bertz CT molecular complexity index is 548. The van der Waals surface area contributed by atoms with Gasteiger partial charge >= 0.3 is 0 Å². The summed E-state index contributed by atoms with van der Waals surface area (Å²) >= 11 is 2.72. The number of aliphatic hydroxyl groups excluding tert-OH is 1. The fourth-order valence-electron chi connectivity index (χ4n) is 2.48. The number of imide groups is 1. The summed E-state index contributed by atoms with van der Waals surface area (Å²) in [5, 5.41) is 9.86. The summed E-state index contributed by atoms with van der Waals surface area (Å²) in [5.41, 5.74) is 0. The number of hydrogen-bond acceptors (Lipinski definition) is 5. The van der Waals surface area contributed by atoms with Gasteiger partial charge in [-0.1, -0.05) is 43.8 Å². The van der Waals surface area contributed by atoms with E-state index in [9.17, 15) is 14.7 Å². The number of aliphatic hydroxyl groups is 1. The van der Waals surface area contributed by atoms with Crippen molar-refractivity contribution in [2.24, 2.45) is 11.8 Å². The van der Waals surface area contributed by atoms with Crippen molar-refractivity contribution >= 4 is 34.7 Å². The third-order valence-corrected chi connectivity index (χ3v) is 6.07. The van der Waals surface area contributed by atoms with Gasteiger partial charge in [0.25, 0.3) is 5.24 Å². The van der Waals surface area contributed by atoms with Crippen molar-refractivity contribution in [1.29, 1.82) is 0 Å². The van der Waals surface area contributed by atoms with Gasteiger partial charge in [-0.3, -0.25) is 14.5 Å². The van der Waals surface area contributed by atoms with Crippen LogP contribution in [0.15, 0.2) is 35.2 Å². The predicted molar refractivity (Wildman–Crippen MR) is 95.7 cm³/mol. The highest BCUT2D eigenvalue weighted by Gasteiger charge is 2.42. The molecule has 1 saturated heterocycles. The molecule has 2 amide bonds. The zero-order valence-electron chi connectivity index (χ0n) is 13.6. The topological polar surface area (TPSA) is 57.6 Å². The first kappa shape index (κ1) is 18.4. The number of nitrogens with zero attached hydrogens (tertiary/aromatic N) is 1. The quantitative estimate of drug-likeness (QED) is 0.793. The zero-order chi connectivity index (χ0) is 17.0. The van der Waals surface area contributed by atoms with Crippen molar-refractivity contribution in [3.63, 3.8) is 0 Å². The van der Waals surface area contributed by atoms with Crippen LogP contribution in [0.25, 0.3) is 0 Å². The number of thioether (sulfide) groups is 2. The van der Waals surface area contributed by atoms with E-state index < -0.39 is 12.0 Å². The Labute approximate surface area is 146 Å². The first-order chi connectivity index (χ1) is 10.9. The van der Waals surface area contributed by atoms with Gasteiger partial charge in [0.05, 0.1) is 18.1 Å². The maximum Gasteiger partial charge on any atom is 0.288 e. The zero-order valence-corrected chi connectivity index (χ0v) is 15.3. The summed E-state index contributed by atoms with van der Waals surface area (Å²) < 4.78 is 0. The second kappa shape index (κ2) is 8.22. The van der Waals surface area contributed by atoms with E-state index in [1.165, 1.54) is 28.4 Å². The van der Waals surface area contributed by atoms with Crippen molar-refractivity contribution in [2.75, 3.05) is 11.5 Å². The lowest BCUT2D eigenvalue weighted by Gasteiger charge is -2.29. The molecule has 0 saturated carbocycles. The minimum atomic E-state index is -0.787. The minimum absolute atomic E-state index is 0.0806. The molecule has 1 aromatic rings. The number of carbonyl (C=O) groups is 2. The van der Waals surface area contributed by atoms with E-state index in [1.54, 1.807) is 6.92 Å². The molecule has 0 radical (unpaired) electrons. The summed E-state index contributed by atoms with van der Waals surface area (Å²) in [6.07, 6.45) is -0.787. The molecule has 126 valence electrons. The molecule has 0 aliphatic carbocycles. The van der Waals surface area contributed by atoms with Gasteiger partial charge in [0.1, 0.15) is 0 Å². The Morgan fingerprint density at radius 2 is 2.00 bits per heavy atom. The molecule has 1 aliphatic heterocycles. The highest BCUT2D eigenvalue weighted by molar-refractivity contribution is 8.14. The Hall–Kier alpha value is -0.980. The summed E-state index contributed by atoms with van der Waals surface area (Å²) in [6.45, 7) is 5.65. The van der Waals surface area contributed by atoms with E-state index in [2.05, 4.69) is 0 Å². The molecule has 0 aromatic heterocycles. The van der Waals surface area contributed by atoms with Crippen LogP contribution in [0.3, 0.4) is 0 Å². The molecule has 0 spiro atoms. The van der Waals surface area contributed by atoms with Crippen LogP contribution in [0.1, 0.15) is 20.8 Å². The highest BCUT2D eigenvalue weighted by Crippen LogP contribution is 2.32. The fourth-order valence-corrected chi connectivity index (χ4v) is 4.83. The van der Waals surface area contributed by atoms with Crippen molar-refractivity contribution in [3.05, 3.63) is 30.3 Å². The standard InChI is InChI=1S/C17H23NO3S2/c1-11(2)15-10-23-17(21)18(15)16(20)14(12(3)19)9-22-13-7-5-4-6-8-13/h4-8,11-12,14-15,19H,9-10H2,1-3H3/t12-,14+,15-/m1/s1. The molecule has 1 fully saturated rings. The van der Waals surface area contributed by atoms with Crippen LogP contribution < -0.4 is 0 Å². The number of rotatable bonds is 6. The third kappa shape index (κ3) is 4.52. The van der Waals surface area contributed by atoms with Gasteiger partial charge in [-0.05, 0) is 25.0 Å². The van der Waals surface area contributed by atoms with Crippen LogP contribution >= 0.6 is 23.5 Å². The van der Waals surface area contributed by atoms with Gasteiger partial charge in [0, 0.05) is 16.4 Å². The smallest absolute Gasteiger partial charge is 0.288 e. The molecular weight excluding hydrogens is 330 g/mol. The van der Waals surface area contributed by atoms with E-state index in [0.29, 0.717) is 11.5 Å². The largest absolute Gasteiger partial charge is 0.393 e. The van der Waals surface area contributed by atoms with E-state index in [0.717, 1.165) is 4.90 Å². The number of benzene rings is 1. The summed E-state index contributed by atoms with van der Waals surface area (Å²) in [4.78, 5) is 27.4. The fraction of sp³-hybridized carbons (Fsp3) is 0.529. The molecule has 3 atom stereocenters. The SMILES string of the molecule is CC(C)[C@H]1CSC(=O)N1C(=O)[C@@H](CSc1ccccc1)[C@@H](C)O.